The highest BCUT2D eigenvalue weighted by atomic mass is 35.5. The third-order valence-electron chi connectivity index (χ3n) is 4.20. The van der Waals surface area contributed by atoms with Crippen molar-refractivity contribution < 1.29 is 32.2 Å². The molecule has 0 radical (unpaired) electrons. The van der Waals surface area contributed by atoms with E-state index in [4.69, 9.17) is 10.5 Å². The standard InChI is InChI=1S/C18H17F4N3O3.ClH/c19-13-8-25(9-14(13)26)17(27)11-2-1-3-12(6-11)28-16-5-10(7-23)4-15(24-16)18(20,21)22;/h1-6,13-14,26H,7-9,23H2;1H/t13-,14+;/m1./s1. The average Bonchev–Trinajstić information content (AvgIpc) is 2.99. The largest absolute Gasteiger partial charge is 0.439 e. The van der Waals surface area contributed by atoms with E-state index in [-0.39, 0.29) is 54.8 Å². The Morgan fingerprint density at radius 2 is 2.00 bits per heavy atom. The van der Waals surface area contributed by atoms with E-state index >= 15 is 0 Å². The summed E-state index contributed by atoms with van der Waals surface area (Å²) in [6.07, 6.45) is -7.43. The molecule has 0 bridgehead atoms. The molecule has 1 aromatic carbocycles. The number of alkyl halides is 4. The van der Waals surface area contributed by atoms with E-state index in [0.29, 0.717) is 0 Å². The number of nitrogens with zero attached hydrogens (tertiary/aromatic N) is 2. The Labute approximate surface area is 169 Å². The van der Waals surface area contributed by atoms with E-state index in [1.807, 2.05) is 0 Å². The summed E-state index contributed by atoms with van der Waals surface area (Å²) in [5.74, 6) is -0.762. The molecular formula is C18H18ClF4N3O3. The van der Waals surface area contributed by atoms with Crippen LogP contribution < -0.4 is 10.5 Å². The van der Waals surface area contributed by atoms with Crippen molar-refractivity contribution in [1.82, 2.24) is 9.88 Å². The number of likely N-dealkylation sites (tertiary alicyclic amines) is 1. The molecule has 2 heterocycles. The van der Waals surface area contributed by atoms with Gasteiger partial charge in [-0.2, -0.15) is 13.2 Å². The van der Waals surface area contributed by atoms with Gasteiger partial charge < -0.3 is 20.5 Å². The van der Waals surface area contributed by atoms with Gasteiger partial charge >= 0.3 is 6.18 Å². The zero-order chi connectivity index (χ0) is 20.5. The topological polar surface area (TPSA) is 88.7 Å². The van der Waals surface area contributed by atoms with E-state index in [2.05, 4.69) is 4.98 Å². The molecule has 0 saturated carbocycles. The molecule has 1 aromatic heterocycles. The Hall–Kier alpha value is -2.43. The molecule has 0 unspecified atom stereocenters. The second-order valence-electron chi connectivity index (χ2n) is 6.32. The van der Waals surface area contributed by atoms with Crippen LogP contribution in [0.1, 0.15) is 21.6 Å². The fraction of sp³-hybridized carbons (Fsp3) is 0.333. The van der Waals surface area contributed by atoms with E-state index in [1.54, 1.807) is 0 Å². The maximum absolute atomic E-state index is 13.4. The first kappa shape index (κ1) is 22.9. The van der Waals surface area contributed by atoms with Gasteiger partial charge in [0.2, 0.25) is 5.88 Å². The Morgan fingerprint density at radius 1 is 1.28 bits per heavy atom. The van der Waals surface area contributed by atoms with Crippen molar-refractivity contribution in [2.75, 3.05) is 13.1 Å². The number of carbonyl (C=O) groups is 1. The molecule has 1 amide bonds. The smallest absolute Gasteiger partial charge is 0.433 e. The van der Waals surface area contributed by atoms with Crippen LogP contribution in [0.25, 0.3) is 0 Å². The number of benzene rings is 1. The molecule has 29 heavy (non-hydrogen) atoms. The van der Waals surface area contributed by atoms with E-state index < -0.39 is 30.1 Å². The van der Waals surface area contributed by atoms with Crippen LogP contribution in [0.4, 0.5) is 17.6 Å². The van der Waals surface area contributed by atoms with Crippen LogP contribution in [0.15, 0.2) is 36.4 Å². The number of nitrogens with two attached hydrogens (primary N) is 1. The summed E-state index contributed by atoms with van der Waals surface area (Å²) in [7, 11) is 0. The van der Waals surface area contributed by atoms with Gasteiger partial charge in [-0.1, -0.05) is 6.07 Å². The van der Waals surface area contributed by atoms with Crippen LogP contribution in [-0.2, 0) is 12.7 Å². The second kappa shape index (κ2) is 8.93. The monoisotopic (exact) mass is 435 g/mol. The zero-order valence-electron chi connectivity index (χ0n) is 14.9. The summed E-state index contributed by atoms with van der Waals surface area (Å²) in [6, 6.07) is 7.78. The highest BCUT2D eigenvalue weighted by Crippen LogP contribution is 2.31. The van der Waals surface area contributed by atoms with Crippen molar-refractivity contribution >= 4 is 18.3 Å². The number of carbonyl (C=O) groups excluding carboxylic acids is 1. The fourth-order valence-electron chi connectivity index (χ4n) is 2.78. The van der Waals surface area contributed by atoms with Crippen molar-refractivity contribution in [3.05, 3.63) is 53.2 Å². The van der Waals surface area contributed by atoms with Crippen molar-refractivity contribution in [3.63, 3.8) is 0 Å². The predicted octanol–water partition coefficient (Wildman–Crippen LogP) is 2.93. The Kier molecular flexibility index (Phi) is 7.04. The number of ether oxygens (including phenoxy) is 1. The van der Waals surface area contributed by atoms with Crippen LogP contribution >= 0.6 is 12.4 Å². The number of aliphatic hydroxyl groups excluding tert-OH is 1. The number of pyridine rings is 1. The number of rotatable bonds is 4. The Morgan fingerprint density at radius 3 is 2.59 bits per heavy atom. The molecule has 1 aliphatic rings. The molecule has 158 valence electrons. The molecule has 2 atom stereocenters. The molecule has 11 heteroatoms. The van der Waals surface area contributed by atoms with Crippen LogP contribution in [0.2, 0.25) is 0 Å². The van der Waals surface area contributed by atoms with Crippen LogP contribution in [-0.4, -0.2) is 46.3 Å². The number of aromatic nitrogens is 1. The minimum absolute atomic E-state index is 0. The lowest BCUT2D eigenvalue weighted by Crippen LogP contribution is -2.29. The first-order chi connectivity index (χ1) is 13.2. The molecule has 6 nitrogen and oxygen atoms in total. The van der Waals surface area contributed by atoms with Gasteiger partial charge in [0.05, 0.1) is 6.54 Å². The predicted molar refractivity (Wildman–Crippen MR) is 97.7 cm³/mol. The van der Waals surface area contributed by atoms with E-state index in [1.165, 1.54) is 30.3 Å². The van der Waals surface area contributed by atoms with Crippen molar-refractivity contribution in [2.24, 2.45) is 5.73 Å². The minimum atomic E-state index is -4.67. The highest BCUT2D eigenvalue weighted by molar-refractivity contribution is 5.94. The zero-order valence-corrected chi connectivity index (χ0v) is 15.7. The van der Waals surface area contributed by atoms with Gasteiger partial charge in [0.25, 0.3) is 5.91 Å². The van der Waals surface area contributed by atoms with Crippen LogP contribution in [0, 0.1) is 0 Å². The minimum Gasteiger partial charge on any atom is -0.439 e. The third kappa shape index (κ3) is 5.34. The molecule has 0 spiro atoms. The summed E-state index contributed by atoms with van der Waals surface area (Å²) in [5, 5.41) is 9.45. The summed E-state index contributed by atoms with van der Waals surface area (Å²) < 4.78 is 57.7. The summed E-state index contributed by atoms with van der Waals surface area (Å²) in [4.78, 5) is 17.0. The molecule has 3 N–H and O–H groups in total. The molecule has 3 rings (SSSR count). The molecule has 2 aromatic rings. The SMILES string of the molecule is Cl.NCc1cc(Oc2cccc(C(=O)N3C[C@@H](F)[C@@H](O)C3)c2)nc(C(F)(F)F)c1. The van der Waals surface area contributed by atoms with Gasteiger partial charge in [0.15, 0.2) is 0 Å². The number of β-amino-alcohol motifs (C(OH)–C–C–N with tert-alkyl or cyclic N) is 1. The third-order valence-corrected chi connectivity index (χ3v) is 4.20. The van der Waals surface area contributed by atoms with E-state index in [0.717, 1.165) is 11.0 Å². The van der Waals surface area contributed by atoms with Gasteiger partial charge in [-0.3, -0.25) is 4.79 Å². The lowest BCUT2D eigenvalue weighted by Gasteiger charge is -2.16. The van der Waals surface area contributed by atoms with Crippen molar-refractivity contribution in [1.29, 1.82) is 0 Å². The Bertz CT molecular complexity index is 872. The van der Waals surface area contributed by atoms with Gasteiger partial charge in [-0.15, -0.1) is 12.4 Å². The average molecular weight is 436 g/mol. The normalized spacial score (nSPS) is 19.0. The lowest BCUT2D eigenvalue weighted by molar-refractivity contribution is -0.141. The van der Waals surface area contributed by atoms with Crippen LogP contribution in [0.3, 0.4) is 0 Å². The van der Waals surface area contributed by atoms with Gasteiger partial charge in [-0.25, -0.2) is 9.37 Å². The van der Waals surface area contributed by atoms with Crippen LogP contribution in [0.5, 0.6) is 11.6 Å². The fourth-order valence-corrected chi connectivity index (χ4v) is 2.78. The number of hydrogen-bond donors (Lipinski definition) is 2. The number of halogens is 5. The van der Waals surface area contributed by atoms with Gasteiger partial charge in [-0.05, 0) is 29.8 Å². The molecule has 0 aliphatic carbocycles. The maximum atomic E-state index is 13.4. The number of amides is 1. The highest BCUT2D eigenvalue weighted by Gasteiger charge is 2.35. The molecule has 1 saturated heterocycles. The van der Waals surface area contributed by atoms with Gasteiger partial charge in [0.1, 0.15) is 23.7 Å². The quantitative estimate of drug-likeness (QED) is 0.721. The second-order valence-corrected chi connectivity index (χ2v) is 6.32. The maximum Gasteiger partial charge on any atom is 0.433 e. The van der Waals surface area contributed by atoms with Crippen molar-refractivity contribution in [3.8, 4) is 11.6 Å². The first-order valence-electron chi connectivity index (χ1n) is 8.35. The molecular weight excluding hydrogens is 418 g/mol. The summed E-state index contributed by atoms with van der Waals surface area (Å²) >= 11 is 0. The lowest BCUT2D eigenvalue weighted by atomic mass is 10.2. The summed E-state index contributed by atoms with van der Waals surface area (Å²) in [6.45, 7) is -0.511. The number of hydrogen-bond acceptors (Lipinski definition) is 5. The summed E-state index contributed by atoms with van der Waals surface area (Å²) in [5.41, 5.74) is 4.62. The van der Waals surface area contributed by atoms with Gasteiger partial charge in [0, 0.05) is 24.7 Å². The molecule has 1 aliphatic heterocycles. The van der Waals surface area contributed by atoms with E-state index in [9.17, 15) is 27.5 Å². The first-order valence-corrected chi connectivity index (χ1v) is 8.35. The van der Waals surface area contributed by atoms with Crippen molar-refractivity contribution in [2.45, 2.75) is 25.0 Å². The molecule has 1 fully saturated rings. The Balaban J connectivity index is 0.00000300. The number of aliphatic hydroxyl groups is 1.